The van der Waals surface area contributed by atoms with Gasteiger partial charge in [-0.1, -0.05) is 0 Å². The van der Waals surface area contributed by atoms with Gasteiger partial charge in [-0.2, -0.15) is 0 Å². The first-order valence-corrected chi connectivity index (χ1v) is 3.87. The molecule has 0 saturated heterocycles. The fraction of sp³-hybridized carbons (Fsp3) is 0.250. The van der Waals surface area contributed by atoms with E-state index in [1.807, 2.05) is 0 Å². The first-order chi connectivity index (χ1) is 6.11. The summed E-state index contributed by atoms with van der Waals surface area (Å²) in [5, 5.41) is 2.58. The molecule has 0 spiro atoms. The number of pyridine rings is 1. The molecule has 1 amide bonds. The van der Waals surface area contributed by atoms with E-state index in [9.17, 15) is 4.79 Å². The summed E-state index contributed by atoms with van der Waals surface area (Å²) >= 11 is 0. The van der Waals surface area contributed by atoms with Gasteiger partial charge in [0.2, 0.25) is 5.91 Å². The second-order valence-corrected chi connectivity index (χ2v) is 2.74. The van der Waals surface area contributed by atoms with Crippen molar-refractivity contribution in [2.75, 3.05) is 11.1 Å². The van der Waals surface area contributed by atoms with Crippen LogP contribution >= 0.6 is 0 Å². The van der Waals surface area contributed by atoms with Crippen LogP contribution in [0.1, 0.15) is 6.92 Å². The third-order valence-electron chi connectivity index (χ3n) is 1.52. The monoisotopic (exact) mass is 180 g/mol. The van der Waals surface area contributed by atoms with Gasteiger partial charge >= 0.3 is 0 Å². The first kappa shape index (κ1) is 9.47. The van der Waals surface area contributed by atoms with Gasteiger partial charge in [-0.05, 0) is 13.0 Å². The molecule has 0 aliphatic rings. The van der Waals surface area contributed by atoms with Crippen molar-refractivity contribution in [1.29, 1.82) is 0 Å². The summed E-state index contributed by atoms with van der Waals surface area (Å²) in [6, 6.07) is 1.07. The number of hydrogen-bond acceptors (Lipinski definition) is 4. The second-order valence-electron chi connectivity index (χ2n) is 2.74. The highest BCUT2D eigenvalue weighted by atomic mass is 16.2. The van der Waals surface area contributed by atoms with Gasteiger partial charge in [-0.25, -0.2) is 0 Å². The number of nitrogen functional groups attached to an aromatic ring is 1. The predicted octanol–water partition coefficient (Wildman–Crippen LogP) is -0.0505. The molecule has 0 fully saturated rings. The van der Waals surface area contributed by atoms with Crippen LogP contribution in [0.15, 0.2) is 18.5 Å². The van der Waals surface area contributed by atoms with E-state index in [2.05, 4.69) is 10.3 Å². The van der Waals surface area contributed by atoms with Crippen LogP contribution in [0.4, 0.5) is 11.4 Å². The van der Waals surface area contributed by atoms with Crippen LogP contribution in [0.3, 0.4) is 0 Å². The van der Waals surface area contributed by atoms with Crippen molar-refractivity contribution in [3.63, 3.8) is 0 Å². The molecule has 1 heterocycles. The molecule has 5 heteroatoms. The number of nitrogens with one attached hydrogen (secondary N) is 1. The summed E-state index contributed by atoms with van der Waals surface area (Å²) in [5.41, 5.74) is 11.9. The minimum atomic E-state index is -0.549. The quantitative estimate of drug-likeness (QED) is 0.594. The smallest absolute Gasteiger partial charge is 0.241 e. The van der Waals surface area contributed by atoms with Crippen molar-refractivity contribution >= 4 is 17.3 Å². The van der Waals surface area contributed by atoms with E-state index in [1.54, 1.807) is 19.2 Å². The molecular weight excluding hydrogens is 168 g/mol. The molecule has 5 nitrogen and oxygen atoms in total. The molecule has 0 aliphatic carbocycles. The average Bonchev–Trinajstić information content (AvgIpc) is 2.08. The molecule has 13 heavy (non-hydrogen) atoms. The average molecular weight is 180 g/mol. The Labute approximate surface area is 76.1 Å². The number of nitrogens with zero attached hydrogens (tertiary/aromatic N) is 1. The summed E-state index contributed by atoms with van der Waals surface area (Å²) in [5.74, 6) is -0.266. The van der Waals surface area contributed by atoms with Crippen molar-refractivity contribution in [3.8, 4) is 0 Å². The van der Waals surface area contributed by atoms with Crippen LogP contribution < -0.4 is 16.8 Å². The molecule has 1 aromatic rings. The standard InChI is InChI=1S/C8H12N4O/c1-5(9)8(13)12-7-2-3-11-4-6(7)10/h2-5H,9-10H2,1H3,(H,11,12,13)/t5-/m0/s1. The minimum Gasteiger partial charge on any atom is -0.396 e. The largest absolute Gasteiger partial charge is 0.396 e. The Morgan fingerprint density at radius 2 is 2.38 bits per heavy atom. The molecule has 0 aliphatic heterocycles. The SMILES string of the molecule is C[C@H](N)C(=O)Nc1ccncc1N. The van der Waals surface area contributed by atoms with Gasteiger partial charge in [0, 0.05) is 6.20 Å². The fourth-order valence-electron chi connectivity index (χ4n) is 0.767. The Kier molecular flexibility index (Phi) is 2.81. The molecule has 1 rings (SSSR count). The molecule has 1 atom stereocenters. The van der Waals surface area contributed by atoms with E-state index in [0.29, 0.717) is 11.4 Å². The molecular formula is C8H12N4O. The number of carbonyl (C=O) groups excluding carboxylic acids is 1. The number of amides is 1. The van der Waals surface area contributed by atoms with Gasteiger partial charge in [-0.3, -0.25) is 9.78 Å². The Bertz CT molecular complexity index is 311. The number of anilines is 2. The number of hydrogen-bond donors (Lipinski definition) is 3. The fourth-order valence-corrected chi connectivity index (χ4v) is 0.767. The molecule has 0 unspecified atom stereocenters. The van der Waals surface area contributed by atoms with Crippen LogP contribution in [0, 0.1) is 0 Å². The van der Waals surface area contributed by atoms with Gasteiger partial charge in [0.15, 0.2) is 0 Å². The van der Waals surface area contributed by atoms with Crippen LogP contribution in [0.5, 0.6) is 0 Å². The maximum Gasteiger partial charge on any atom is 0.241 e. The molecule has 5 N–H and O–H groups in total. The van der Waals surface area contributed by atoms with E-state index in [-0.39, 0.29) is 5.91 Å². The number of carbonyl (C=O) groups is 1. The Morgan fingerprint density at radius 1 is 1.69 bits per heavy atom. The van der Waals surface area contributed by atoms with E-state index < -0.39 is 6.04 Å². The van der Waals surface area contributed by atoms with Gasteiger partial charge in [0.05, 0.1) is 23.6 Å². The van der Waals surface area contributed by atoms with E-state index in [4.69, 9.17) is 11.5 Å². The van der Waals surface area contributed by atoms with Crippen molar-refractivity contribution in [3.05, 3.63) is 18.5 Å². The highest BCUT2D eigenvalue weighted by Gasteiger charge is 2.08. The third kappa shape index (κ3) is 2.41. The predicted molar refractivity (Wildman–Crippen MR) is 50.9 cm³/mol. The molecule has 0 radical (unpaired) electrons. The molecule has 0 aromatic carbocycles. The molecule has 1 aromatic heterocycles. The van der Waals surface area contributed by atoms with E-state index in [0.717, 1.165) is 0 Å². The lowest BCUT2D eigenvalue weighted by Gasteiger charge is -2.08. The van der Waals surface area contributed by atoms with Crippen LogP contribution in [-0.4, -0.2) is 16.9 Å². The lowest BCUT2D eigenvalue weighted by atomic mass is 10.3. The molecule has 70 valence electrons. The summed E-state index contributed by atoms with van der Waals surface area (Å²) in [6.07, 6.45) is 3.02. The van der Waals surface area contributed by atoms with Crippen LogP contribution in [0.25, 0.3) is 0 Å². The van der Waals surface area contributed by atoms with Gasteiger partial charge < -0.3 is 16.8 Å². The van der Waals surface area contributed by atoms with Crippen molar-refractivity contribution in [2.24, 2.45) is 5.73 Å². The first-order valence-electron chi connectivity index (χ1n) is 3.87. The second kappa shape index (κ2) is 3.86. The van der Waals surface area contributed by atoms with Crippen molar-refractivity contribution < 1.29 is 4.79 Å². The van der Waals surface area contributed by atoms with Crippen LogP contribution in [-0.2, 0) is 4.79 Å². The summed E-state index contributed by atoms with van der Waals surface area (Å²) in [6.45, 7) is 1.60. The zero-order valence-electron chi connectivity index (χ0n) is 7.32. The minimum absolute atomic E-state index is 0.266. The topological polar surface area (TPSA) is 94.0 Å². The zero-order chi connectivity index (χ0) is 9.84. The third-order valence-corrected chi connectivity index (χ3v) is 1.52. The summed E-state index contributed by atoms with van der Waals surface area (Å²) in [4.78, 5) is 14.9. The highest BCUT2D eigenvalue weighted by molar-refractivity contribution is 5.96. The Morgan fingerprint density at radius 3 is 2.92 bits per heavy atom. The maximum atomic E-state index is 11.2. The normalized spacial score (nSPS) is 12.2. The van der Waals surface area contributed by atoms with E-state index >= 15 is 0 Å². The van der Waals surface area contributed by atoms with Crippen molar-refractivity contribution in [2.45, 2.75) is 13.0 Å². The summed E-state index contributed by atoms with van der Waals surface area (Å²) < 4.78 is 0. The number of rotatable bonds is 2. The van der Waals surface area contributed by atoms with Crippen molar-refractivity contribution in [1.82, 2.24) is 4.98 Å². The van der Waals surface area contributed by atoms with E-state index in [1.165, 1.54) is 6.20 Å². The van der Waals surface area contributed by atoms with Gasteiger partial charge in [-0.15, -0.1) is 0 Å². The highest BCUT2D eigenvalue weighted by Crippen LogP contribution is 2.14. The Balaban J connectivity index is 2.75. The maximum absolute atomic E-state index is 11.2. The number of aromatic nitrogens is 1. The molecule has 0 bridgehead atoms. The molecule has 0 saturated carbocycles. The number of nitrogens with two attached hydrogens (primary N) is 2. The summed E-state index contributed by atoms with van der Waals surface area (Å²) in [7, 11) is 0. The van der Waals surface area contributed by atoms with Crippen LogP contribution in [0.2, 0.25) is 0 Å². The van der Waals surface area contributed by atoms with Gasteiger partial charge in [0.25, 0.3) is 0 Å². The Hall–Kier alpha value is -1.62. The zero-order valence-corrected chi connectivity index (χ0v) is 7.32. The lowest BCUT2D eigenvalue weighted by molar-refractivity contribution is -0.117. The van der Waals surface area contributed by atoms with Gasteiger partial charge in [0.1, 0.15) is 0 Å². The lowest BCUT2D eigenvalue weighted by Crippen LogP contribution is -2.32.